The smallest absolute Gasteiger partial charge is 0.245 e. The second-order valence-electron chi connectivity index (χ2n) is 4.14. The van der Waals surface area contributed by atoms with Gasteiger partial charge in [-0.15, -0.1) is 17.0 Å². The van der Waals surface area contributed by atoms with E-state index in [0.717, 1.165) is 6.42 Å². The summed E-state index contributed by atoms with van der Waals surface area (Å²) in [5, 5.41) is 2.83. The minimum atomic E-state index is 0. The van der Waals surface area contributed by atoms with Crippen LogP contribution in [-0.4, -0.2) is 0 Å². The third-order valence-corrected chi connectivity index (χ3v) is 2.57. The van der Waals surface area contributed by atoms with Crippen molar-refractivity contribution < 1.29 is 21.7 Å². The largest absolute Gasteiger partial charge is 4.00 e. The maximum absolute atomic E-state index is 3.25. The Hall–Kier alpha value is -1.89. The molecule has 1 heteroatoms. The van der Waals surface area contributed by atoms with Crippen molar-refractivity contribution in [1.82, 2.24) is 0 Å². The molecular formula is C21H24Ti. The Bertz CT molecular complexity index is 514. The second-order valence-corrected chi connectivity index (χ2v) is 4.14. The summed E-state index contributed by atoms with van der Waals surface area (Å²) in [5.74, 6) is 0. The molecule has 0 radical (unpaired) electrons. The number of hydrogen-bond acceptors (Lipinski definition) is 0. The SMILES string of the molecule is C=C[CH2-].C=C[CH2-].C=C[CH2-].[Ti+4].c1cc2c3c(cccc3c1)C[CH-]2. The van der Waals surface area contributed by atoms with E-state index < -0.39 is 0 Å². The molecule has 0 heterocycles. The molecule has 0 bridgehead atoms. The first kappa shape index (κ1) is 22.4. The molecule has 0 unspecified atom stereocenters. The van der Waals surface area contributed by atoms with E-state index in [-0.39, 0.29) is 21.7 Å². The van der Waals surface area contributed by atoms with Gasteiger partial charge in [0.05, 0.1) is 0 Å². The van der Waals surface area contributed by atoms with Crippen molar-refractivity contribution in [1.29, 1.82) is 0 Å². The van der Waals surface area contributed by atoms with Gasteiger partial charge in [-0.25, -0.2) is 58.7 Å². The second kappa shape index (κ2) is 14.1. The Morgan fingerprint density at radius 1 is 0.864 bits per heavy atom. The van der Waals surface area contributed by atoms with Crippen molar-refractivity contribution in [2.24, 2.45) is 0 Å². The predicted octanol–water partition coefficient (Wildman–Crippen LogP) is 5.97. The van der Waals surface area contributed by atoms with Gasteiger partial charge in [0.15, 0.2) is 0 Å². The van der Waals surface area contributed by atoms with Crippen LogP contribution >= 0.6 is 0 Å². The topological polar surface area (TPSA) is 0 Å². The maximum Gasteiger partial charge on any atom is 4.00 e. The zero-order chi connectivity index (χ0) is 16.1. The molecule has 2 aromatic carbocycles. The van der Waals surface area contributed by atoms with Gasteiger partial charge in [-0.2, -0.15) is 18.1 Å². The van der Waals surface area contributed by atoms with Gasteiger partial charge in [-0.05, 0) is 0 Å². The van der Waals surface area contributed by atoms with Crippen molar-refractivity contribution in [2.45, 2.75) is 6.42 Å². The van der Waals surface area contributed by atoms with Crippen LogP contribution in [0.15, 0.2) is 74.4 Å². The summed E-state index contributed by atoms with van der Waals surface area (Å²) in [6, 6.07) is 13.0. The van der Waals surface area contributed by atoms with Crippen molar-refractivity contribution in [2.75, 3.05) is 0 Å². The molecule has 0 aliphatic heterocycles. The molecule has 0 saturated carbocycles. The summed E-state index contributed by atoms with van der Waals surface area (Å²) in [4.78, 5) is 0. The van der Waals surface area contributed by atoms with E-state index in [1.54, 1.807) is 0 Å². The third-order valence-electron chi connectivity index (χ3n) is 2.57. The summed E-state index contributed by atoms with van der Waals surface area (Å²) in [5.41, 5.74) is 2.88. The van der Waals surface area contributed by atoms with Crippen LogP contribution in [0.1, 0.15) is 11.1 Å². The van der Waals surface area contributed by atoms with Gasteiger partial charge in [0, 0.05) is 0 Å². The molecule has 2 aromatic rings. The molecule has 3 rings (SSSR count). The molecule has 0 aromatic heterocycles. The molecule has 22 heavy (non-hydrogen) atoms. The molecule has 0 atom stereocenters. The molecule has 0 saturated heterocycles. The van der Waals surface area contributed by atoms with E-state index in [1.807, 2.05) is 0 Å². The van der Waals surface area contributed by atoms with Crippen LogP contribution in [0.25, 0.3) is 10.8 Å². The molecular weight excluding hydrogens is 300 g/mol. The van der Waals surface area contributed by atoms with E-state index >= 15 is 0 Å². The monoisotopic (exact) mass is 324 g/mol. The minimum Gasteiger partial charge on any atom is -0.245 e. The summed E-state index contributed by atoms with van der Waals surface area (Å²) in [6.07, 6.45) is 7.91. The van der Waals surface area contributed by atoms with Gasteiger partial charge in [-0.3, -0.25) is 0 Å². The van der Waals surface area contributed by atoms with Gasteiger partial charge >= 0.3 is 21.7 Å². The molecule has 112 valence electrons. The summed E-state index contributed by atoms with van der Waals surface area (Å²) >= 11 is 0. The molecule has 0 spiro atoms. The molecule has 0 fully saturated rings. The van der Waals surface area contributed by atoms with Crippen molar-refractivity contribution >= 4 is 10.8 Å². The molecule has 0 N–H and O–H groups in total. The Kier molecular flexibility index (Phi) is 14.3. The van der Waals surface area contributed by atoms with Crippen molar-refractivity contribution in [3.63, 3.8) is 0 Å². The van der Waals surface area contributed by atoms with Gasteiger partial charge in [0.2, 0.25) is 0 Å². The number of rotatable bonds is 0. The zero-order valence-corrected chi connectivity index (χ0v) is 14.8. The molecule has 1 aliphatic rings. The Labute approximate surface area is 151 Å². The average molecular weight is 324 g/mol. The molecule has 0 nitrogen and oxygen atoms in total. The van der Waals surface area contributed by atoms with Gasteiger partial charge in [0.25, 0.3) is 0 Å². The predicted molar refractivity (Wildman–Crippen MR) is 97.7 cm³/mol. The summed E-state index contributed by atoms with van der Waals surface area (Å²) < 4.78 is 0. The standard InChI is InChI=1S/C12H9.3C3H5.Ti/c1-3-9-4-2-6-11-8-7-10(5-1)12(9)11;3*1-3-2;/h1-7H,8H2;3*3H,1-2H2;/q4*-1;+4. The van der Waals surface area contributed by atoms with Crippen LogP contribution in [0.2, 0.25) is 0 Å². The first-order chi connectivity index (χ1) is 10.2. The van der Waals surface area contributed by atoms with Crippen LogP contribution in [-0.2, 0) is 28.1 Å². The third kappa shape index (κ3) is 7.22. The number of hydrogen-bond donors (Lipinski definition) is 0. The first-order valence-corrected chi connectivity index (χ1v) is 6.74. The van der Waals surface area contributed by atoms with Crippen LogP contribution in [0.5, 0.6) is 0 Å². The molecule has 1 aliphatic carbocycles. The van der Waals surface area contributed by atoms with Crippen LogP contribution in [0.3, 0.4) is 0 Å². The van der Waals surface area contributed by atoms with E-state index in [4.69, 9.17) is 0 Å². The molecule has 0 amide bonds. The normalized spacial score (nSPS) is 8.91. The van der Waals surface area contributed by atoms with Crippen LogP contribution < -0.4 is 0 Å². The van der Waals surface area contributed by atoms with E-state index in [1.165, 1.54) is 40.1 Å². The zero-order valence-electron chi connectivity index (χ0n) is 13.2. The van der Waals surface area contributed by atoms with Gasteiger partial charge in [0.1, 0.15) is 0 Å². The summed E-state index contributed by atoms with van der Waals surface area (Å²) in [6.45, 7) is 19.5. The fourth-order valence-electron chi connectivity index (χ4n) is 2.01. The Morgan fingerprint density at radius 3 is 1.82 bits per heavy atom. The van der Waals surface area contributed by atoms with E-state index in [0.29, 0.717) is 0 Å². The summed E-state index contributed by atoms with van der Waals surface area (Å²) in [7, 11) is 0. The first-order valence-electron chi connectivity index (χ1n) is 6.74. The Balaban J connectivity index is 0. The fraction of sp³-hybridized carbons (Fsp3) is 0.0476. The minimum absolute atomic E-state index is 0. The fourth-order valence-corrected chi connectivity index (χ4v) is 2.01. The maximum atomic E-state index is 3.25. The van der Waals surface area contributed by atoms with Gasteiger partial charge < -0.3 is 0 Å². The number of allylic oxidation sites excluding steroid dienone is 3. The van der Waals surface area contributed by atoms with Crippen LogP contribution in [0.4, 0.5) is 0 Å². The Morgan fingerprint density at radius 2 is 1.32 bits per heavy atom. The van der Waals surface area contributed by atoms with Crippen molar-refractivity contribution in [3.8, 4) is 0 Å². The quantitative estimate of drug-likeness (QED) is 0.414. The van der Waals surface area contributed by atoms with Crippen molar-refractivity contribution in [3.05, 3.63) is 113 Å². The number of benzene rings is 2. The van der Waals surface area contributed by atoms with E-state index in [2.05, 4.69) is 83.3 Å². The van der Waals surface area contributed by atoms with Crippen LogP contribution in [0, 0.1) is 27.2 Å². The van der Waals surface area contributed by atoms with E-state index in [9.17, 15) is 0 Å². The van der Waals surface area contributed by atoms with Gasteiger partial charge in [-0.1, -0.05) is 36.1 Å². The average Bonchev–Trinajstić information content (AvgIpc) is 2.88.